The molecular formula is C12H9F17NO2S. The molecule has 0 unspecified atom stereocenters. The average molecular weight is 554 g/mol. The molecule has 21 heteroatoms. The molecule has 199 valence electrons. The topological polar surface area (TPSA) is 48.2 Å². The van der Waals surface area contributed by atoms with Gasteiger partial charge >= 0.3 is 47.0 Å². The maximum Gasteiger partial charge on any atom is 0.460 e. The summed E-state index contributed by atoms with van der Waals surface area (Å²) in [5, 5.41) is -7.56. The van der Waals surface area contributed by atoms with E-state index in [4.69, 9.17) is 0 Å². The van der Waals surface area contributed by atoms with Gasteiger partial charge in [0.15, 0.2) is 0 Å². The molecule has 0 saturated carbocycles. The SMILES string of the molecule is CCCC[N]S(=O)(=O)C(F)(F)C(F)(F)C(F)(F)C(F)(F)C(F)(F)C(F)(F)C(F)(F)C(F)(F)F. The van der Waals surface area contributed by atoms with Gasteiger partial charge in [-0.05, 0) is 6.42 Å². The predicted octanol–water partition coefficient (Wildman–Crippen LogP) is 5.69. The van der Waals surface area contributed by atoms with Crippen LogP contribution >= 0.6 is 0 Å². The number of alkyl halides is 17. The van der Waals surface area contributed by atoms with Gasteiger partial charge in [0.2, 0.25) is 0 Å². The van der Waals surface area contributed by atoms with Crippen molar-refractivity contribution < 1.29 is 83.1 Å². The van der Waals surface area contributed by atoms with E-state index >= 15 is 0 Å². The number of hydrogen-bond acceptors (Lipinski definition) is 2. The molecule has 0 amide bonds. The summed E-state index contributed by atoms with van der Waals surface area (Å²) in [6, 6.07) is 0. The Hall–Kier alpha value is -1.28. The number of sulfonamides is 1. The molecule has 0 atom stereocenters. The molecule has 33 heavy (non-hydrogen) atoms. The normalized spacial score (nSPS) is 16.3. The minimum absolute atomic E-state index is 0.107. The lowest BCUT2D eigenvalue weighted by atomic mass is 9.91. The van der Waals surface area contributed by atoms with Crippen LogP contribution in [0.2, 0.25) is 0 Å². The zero-order chi connectivity index (χ0) is 27.3. The monoisotopic (exact) mass is 554 g/mol. The van der Waals surface area contributed by atoms with Gasteiger partial charge in [-0.1, -0.05) is 13.3 Å². The summed E-state index contributed by atoms with van der Waals surface area (Å²) in [6.45, 7) is -0.152. The third-order valence-electron chi connectivity index (χ3n) is 3.79. The first-order valence-corrected chi connectivity index (χ1v) is 9.15. The van der Waals surface area contributed by atoms with Gasteiger partial charge in [-0.15, -0.1) is 4.72 Å². The summed E-state index contributed by atoms with van der Waals surface area (Å²) >= 11 is 0. The summed E-state index contributed by atoms with van der Waals surface area (Å²) in [7, 11) is -7.30. The van der Waals surface area contributed by atoms with Crippen molar-refractivity contribution in [3.05, 3.63) is 0 Å². The first kappa shape index (κ1) is 31.7. The minimum atomic E-state index is -8.83. The fraction of sp³-hybridized carbons (Fsp3) is 1.00. The van der Waals surface area contributed by atoms with Gasteiger partial charge in [-0.25, -0.2) is 8.42 Å². The number of unbranched alkanes of at least 4 members (excludes halogenated alkanes) is 1. The van der Waals surface area contributed by atoms with Crippen LogP contribution in [0.4, 0.5) is 74.6 Å². The lowest BCUT2D eigenvalue weighted by Crippen LogP contribution is -2.75. The summed E-state index contributed by atoms with van der Waals surface area (Å²) in [4.78, 5) is 0. The summed E-state index contributed by atoms with van der Waals surface area (Å²) in [5.74, 6) is -51.5. The molecule has 0 N–H and O–H groups in total. The van der Waals surface area contributed by atoms with E-state index in [-0.39, 0.29) is 6.42 Å². The number of hydrogen-bond donors (Lipinski definition) is 0. The van der Waals surface area contributed by atoms with Crippen LogP contribution in [0.15, 0.2) is 0 Å². The van der Waals surface area contributed by atoms with Crippen LogP contribution in [0.1, 0.15) is 19.8 Å². The highest BCUT2D eigenvalue weighted by atomic mass is 32.2. The summed E-state index contributed by atoms with van der Waals surface area (Å²) in [6.07, 6.45) is -8.49. The molecule has 0 rings (SSSR count). The molecule has 1 radical (unpaired) electrons. The first-order chi connectivity index (χ1) is 14.1. The van der Waals surface area contributed by atoms with E-state index < -0.39 is 70.0 Å². The molecule has 0 aromatic rings. The number of nitrogens with zero attached hydrogens (tertiary/aromatic N) is 1. The molecule has 0 aliphatic heterocycles. The molecule has 0 aromatic carbocycles. The number of halogens is 17. The second-order valence-corrected chi connectivity index (χ2v) is 7.86. The van der Waals surface area contributed by atoms with Gasteiger partial charge in [0.25, 0.3) is 10.0 Å². The van der Waals surface area contributed by atoms with E-state index in [1.165, 1.54) is 6.92 Å². The minimum Gasteiger partial charge on any atom is -0.204 e. The van der Waals surface area contributed by atoms with E-state index in [2.05, 4.69) is 0 Å². The third-order valence-corrected chi connectivity index (χ3v) is 5.22. The van der Waals surface area contributed by atoms with Crippen LogP contribution in [-0.4, -0.2) is 61.9 Å². The van der Waals surface area contributed by atoms with Gasteiger partial charge in [-0.2, -0.15) is 74.6 Å². The maximum absolute atomic E-state index is 13.5. The molecule has 0 fully saturated rings. The molecule has 0 bridgehead atoms. The average Bonchev–Trinajstić information content (AvgIpc) is 2.59. The zero-order valence-electron chi connectivity index (χ0n) is 15.2. The highest BCUT2D eigenvalue weighted by Gasteiger charge is 2.96. The van der Waals surface area contributed by atoms with Crippen molar-refractivity contribution in [2.75, 3.05) is 6.54 Å². The molecular weight excluding hydrogens is 545 g/mol. The second kappa shape index (κ2) is 8.43. The van der Waals surface area contributed by atoms with Crippen molar-refractivity contribution in [1.82, 2.24) is 4.72 Å². The second-order valence-electron chi connectivity index (χ2n) is 6.14. The molecule has 3 nitrogen and oxygen atoms in total. The van der Waals surface area contributed by atoms with Crippen LogP contribution in [-0.2, 0) is 10.0 Å². The largest absolute Gasteiger partial charge is 0.460 e. The van der Waals surface area contributed by atoms with Crippen molar-refractivity contribution in [3.63, 3.8) is 0 Å². The van der Waals surface area contributed by atoms with Crippen molar-refractivity contribution in [3.8, 4) is 0 Å². The van der Waals surface area contributed by atoms with Gasteiger partial charge in [0.05, 0.1) is 0 Å². The molecule has 0 aliphatic carbocycles. The Morgan fingerprint density at radius 1 is 0.545 bits per heavy atom. The van der Waals surface area contributed by atoms with E-state index in [0.29, 0.717) is 0 Å². The Morgan fingerprint density at radius 2 is 0.848 bits per heavy atom. The Labute approximate surface area is 172 Å². The van der Waals surface area contributed by atoms with E-state index in [0.717, 1.165) is 0 Å². The fourth-order valence-electron chi connectivity index (χ4n) is 1.74. The Kier molecular flexibility index (Phi) is 8.11. The van der Waals surface area contributed by atoms with Gasteiger partial charge < -0.3 is 0 Å². The van der Waals surface area contributed by atoms with Crippen molar-refractivity contribution >= 4 is 10.0 Å². The first-order valence-electron chi connectivity index (χ1n) is 7.71. The highest BCUT2D eigenvalue weighted by molar-refractivity contribution is 7.90. The standard InChI is InChI=1S/C12H9F17NO2S/c1-2-3-4-30-33(31,32)12(28,29)10(23,24)8(19,20)6(15,16)5(13,14)7(17,18)9(21,22)11(25,26)27/h2-4H2,1H3. The molecule has 0 heterocycles. The zero-order valence-corrected chi connectivity index (χ0v) is 16.0. The molecule has 0 spiro atoms. The number of rotatable bonds is 11. The summed E-state index contributed by atoms with van der Waals surface area (Å²) in [5.41, 5.74) is 0. The fourth-order valence-corrected chi connectivity index (χ4v) is 2.72. The molecule has 0 aromatic heterocycles. The Morgan fingerprint density at radius 3 is 1.15 bits per heavy atom. The highest BCUT2D eigenvalue weighted by Crippen LogP contribution is 2.64. The molecule has 0 aliphatic rings. The van der Waals surface area contributed by atoms with Crippen LogP contribution in [0.3, 0.4) is 0 Å². The van der Waals surface area contributed by atoms with Crippen molar-refractivity contribution in [1.29, 1.82) is 0 Å². The lowest BCUT2D eigenvalue weighted by molar-refractivity contribution is -0.458. The quantitative estimate of drug-likeness (QED) is 0.244. The summed E-state index contributed by atoms with van der Waals surface area (Å²) < 4.78 is 245. The van der Waals surface area contributed by atoms with Crippen LogP contribution in [0.5, 0.6) is 0 Å². The third kappa shape index (κ3) is 4.30. The van der Waals surface area contributed by atoms with Gasteiger partial charge in [0, 0.05) is 6.54 Å². The van der Waals surface area contributed by atoms with Crippen LogP contribution in [0.25, 0.3) is 0 Å². The van der Waals surface area contributed by atoms with E-state index in [1.807, 2.05) is 4.72 Å². The molecule has 0 saturated heterocycles. The Balaban J connectivity index is 6.77. The maximum atomic E-state index is 13.5. The van der Waals surface area contributed by atoms with Gasteiger partial charge in [-0.3, -0.25) is 0 Å². The van der Waals surface area contributed by atoms with Crippen molar-refractivity contribution in [2.24, 2.45) is 0 Å². The van der Waals surface area contributed by atoms with E-state index in [1.54, 1.807) is 0 Å². The lowest BCUT2D eigenvalue weighted by Gasteiger charge is -2.42. The van der Waals surface area contributed by atoms with E-state index in [9.17, 15) is 83.1 Å². The Bertz CT molecular complexity index is 801. The van der Waals surface area contributed by atoms with Crippen LogP contribution < -0.4 is 4.72 Å². The van der Waals surface area contributed by atoms with Gasteiger partial charge in [0.1, 0.15) is 0 Å². The smallest absolute Gasteiger partial charge is 0.204 e. The van der Waals surface area contributed by atoms with Crippen molar-refractivity contribution in [2.45, 2.75) is 66.7 Å². The predicted molar refractivity (Wildman–Crippen MR) is 71.5 cm³/mol. The van der Waals surface area contributed by atoms with Crippen LogP contribution in [0, 0.1) is 0 Å².